The van der Waals surface area contributed by atoms with Crippen LogP contribution in [0, 0.1) is 11.8 Å². The Morgan fingerprint density at radius 1 is 1.36 bits per heavy atom. The highest BCUT2D eigenvalue weighted by Crippen LogP contribution is 2.15. The molecule has 5 heteroatoms. The molecule has 0 unspecified atom stereocenters. The monoisotopic (exact) mass is 296 g/mol. The Morgan fingerprint density at radius 3 is 2.82 bits per heavy atom. The van der Waals surface area contributed by atoms with Gasteiger partial charge in [-0.1, -0.05) is 30.0 Å². The van der Waals surface area contributed by atoms with Crippen molar-refractivity contribution in [2.75, 3.05) is 13.2 Å². The van der Waals surface area contributed by atoms with E-state index >= 15 is 0 Å². The number of nitrogens with zero attached hydrogens (tertiary/aromatic N) is 1. The molecule has 2 N–H and O–H groups in total. The van der Waals surface area contributed by atoms with Crippen LogP contribution in [0.4, 0.5) is 0 Å². The van der Waals surface area contributed by atoms with Crippen LogP contribution >= 0.6 is 0 Å². The maximum Gasteiger partial charge on any atom is 0.273 e. The number of carbonyl (C=O) groups excluding carboxylic acids is 1. The molecule has 22 heavy (non-hydrogen) atoms. The van der Waals surface area contributed by atoms with E-state index in [1.54, 1.807) is 6.92 Å². The minimum Gasteiger partial charge on any atom is -0.505 e. The predicted octanol–water partition coefficient (Wildman–Crippen LogP) is 1.97. The highest BCUT2D eigenvalue weighted by atomic mass is 16.5. The van der Waals surface area contributed by atoms with Gasteiger partial charge in [0.2, 0.25) is 0 Å². The van der Waals surface area contributed by atoms with Gasteiger partial charge in [0.05, 0.1) is 0 Å². The van der Waals surface area contributed by atoms with Gasteiger partial charge < -0.3 is 15.2 Å². The van der Waals surface area contributed by atoms with Crippen molar-refractivity contribution in [2.45, 2.75) is 6.92 Å². The summed E-state index contributed by atoms with van der Waals surface area (Å²) in [6, 6.07) is 10.8. The molecular weight excluding hydrogens is 280 g/mol. The van der Waals surface area contributed by atoms with Gasteiger partial charge in [0.1, 0.15) is 18.1 Å². The van der Waals surface area contributed by atoms with Crippen LogP contribution in [0.5, 0.6) is 11.5 Å². The van der Waals surface area contributed by atoms with Gasteiger partial charge in [-0.25, -0.2) is 4.98 Å². The molecule has 1 heterocycles. The van der Waals surface area contributed by atoms with Gasteiger partial charge in [0, 0.05) is 18.3 Å². The molecule has 0 aliphatic heterocycles. The van der Waals surface area contributed by atoms with Crippen LogP contribution in [0.15, 0.2) is 42.6 Å². The van der Waals surface area contributed by atoms with E-state index in [-0.39, 0.29) is 18.1 Å². The second-order valence-electron chi connectivity index (χ2n) is 4.35. The number of benzene rings is 1. The SMILES string of the molecule is CCNC(=O)c1ncc(C#CCOc2ccccc2)cc1O. The Labute approximate surface area is 129 Å². The van der Waals surface area contributed by atoms with E-state index in [2.05, 4.69) is 22.1 Å². The third kappa shape index (κ3) is 4.25. The second kappa shape index (κ2) is 7.70. The Hall–Kier alpha value is -3.00. The van der Waals surface area contributed by atoms with Crippen LogP contribution < -0.4 is 10.1 Å². The molecule has 1 aromatic heterocycles. The Morgan fingerprint density at radius 2 is 2.14 bits per heavy atom. The molecule has 0 aliphatic carbocycles. The number of hydrogen-bond acceptors (Lipinski definition) is 4. The third-order valence-corrected chi connectivity index (χ3v) is 2.71. The number of pyridine rings is 1. The fraction of sp³-hybridized carbons (Fsp3) is 0.176. The third-order valence-electron chi connectivity index (χ3n) is 2.71. The van der Waals surface area contributed by atoms with E-state index in [4.69, 9.17) is 4.74 Å². The molecule has 0 atom stereocenters. The summed E-state index contributed by atoms with van der Waals surface area (Å²) in [7, 11) is 0. The number of para-hydroxylation sites is 1. The molecule has 0 fully saturated rings. The highest BCUT2D eigenvalue weighted by Gasteiger charge is 2.11. The standard InChI is InChI=1S/C17H16N2O3/c1-2-18-17(21)16-15(20)11-13(12-19-16)7-6-10-22-14-8-4-3-5-9-14/h3-5,8-9,11-12,20H,2,10H2,1H3,(H,18,21). The smallest absolute Gasteiger partial charge is 0.273 e. The van der Waals surface area contributed by atoms with Gasteiger partial charge >= 0.3 is 0 Å². The summed E-state index contributed by atoms with van der Waals surface area (Å²) < 4.78 is 5.43. The lowest BCUT2D eigenvalue weighted by atomic mass is 10.2. The van der Waals surface area contributed by atoms with Crippen LogP contribution in [0.25, 0.3) is 0 Å². The molecule has 5 nitrogen and oxygen atoms in total. The molecule has 1 aromatic carbocycles. The molecule has 0 bridgehead atoms. The van der Waals surface area contributed by atoms with Gasteiger partial charge in [-0.3, -0.25) is 4.79 Å². The van der Waals surface area contributed by atoms with E-state index in [9.17, 15) is 9.90 Å². The quantitative estimate of drug-likeness (QED) is 0.846. The van der Waals surface area contributed by atoms with Gasteiger partial charge in [-0.05, 0) is 25.1 Å². The number of carbonyl (C=O) groups is 1. The van der Waals surface area contributed by atoms with Crippen LogP contribution in [0.2, 0.25) is 0 Å². The zero-order chi connectivity index (χ0) is 15.8. The fourth-order valence-corrected chi connectivity index (χ4v) is 1.72. The predicted molar refractivity (Wildman–Crippen MR) is 82.7 cm³/mol. The van der Waals surface area contributed by atoms with Crippen LogP contribution in [0.3, 0.4) is 0 Å². The van der Waals surface area contributed by atoms with Crippen molar-refractivity contribution in [1.29, 1.82) is 0 Å². The number of ether oxygens (including phenoxy) is 1. The van der Waals surface area contributed by atoms with Crippen molar-refractivity contribution >= 4 is 5.91 Å². The Kier molecular flexibility index (Phi) is 5.38. The Bertz CT molecular complexity index is 703. The van der Waals surface area contributed by atoms with Crippen molar-refractivity contribution in [1.82, 2.24) is 10.3 Å². The topological polar surface area (TPSA) is 71.5 Å². The maximum absolute atomic E-state index is 11.6. The summed E-state index contributed by atoms with van der Waals surface area (Å²) in [4.78, 5) is 15.5. The van der Waals surface area contributed by atoms with E-state index < -0.39 is 5.91 Å². The number of aromatic nitrogens is 1. The van der Waals surface area contributed by atoms with Crippen molar-refractivity contribution < 1.29 is 14.6 Å². The number of hydrogen-bond donors (Lipinski definition) is 2. The molecule has 0 spiro atoms. The van der Waals surface area contributed by atoms with Crippen molar-refractivity contribution in [3.05, 3.63) is 53.9 Å². The molecular formula is C17H16N2O3. The lowest BCUT2D eigenvalue weighted by molar-refractivity contribution is 0.0948. The van der Waals surface area contributed by atoms with E-state index in [1.807, 2.05) is 30.3 Å². The number of amides is 1. The summed E-state index contributed by atoms with van der Waals surface area (Å²) >= 11 is 0. The minimum atomic E-state index is -0.410. The van der Waals surface area contributed by atoms with Crippen molar-refractivity contribution in [3.8, 4) is 23.3 Å². The van der Waals surface area contributed by atoms with E-state index in [0.717, 1.165) is 5.75 Å². The first kappa shape index (κ1) is 15.4. The first-order valence-electron chi connectivity index (χ1n) is 6.84. The average molecular weight is 296 g/mol. The molecule has 2 rings (SSSR count). The molecule has 0 aliphatic rings. The first-order valence-corrected chi connectivity index (χ1v) is 6.84. The molecule has 1 amide bonds. The van der Waals surface area contributed by atoms with Gasteiger partial charge in [0.15, 0.2) is 5.69 Å². The minimum absolute atomic E-state index is 0.00654. The van der Waals surface area contributed by atoms with Gasteiger partial charge in [-0.2, -0.15) is 0 Å². The van der Waals surface area contributed by atoms with Crippen molar-refractivity contribution in [3.63, 3.8) is 0 Å². The molecule has 0 radical (unpaired) electrons. The summed E-state index contributed by atoms with van der Waals surface area (Å²) in [5.74, 6) is 5.79. The number of rotatable bonds is 4. The second-order valence-corrected chi connectivity index (χ2v) is 4.35. The molecule has 0 saturated heterocycles. The lowest BCUT2D eigenvalue weighted by Crippen LogP contribution is -2.23. The highest BCUT2D eigenvalue weighted by molar-refractivity contribution is 5.94. The zero-order valence-electron chi connectivity index (χ0n) is 12.2. The lowest BCUT2D eigenvalue weighted by Gasteiger charge is -2.03. The summed E-state index contributed by atoms with van der Waals surface area (Å²) in [6.45, 7) is 2.49. The largest absolute Gasteiger partial charge is 0.505 e. The molecule has 2 aromatic rings. The van der Waals surface area contributed by atoms with Crippen LogP contribution in [-0.2, 0) is 0 Å². The van der Waals surface area contributed by atoms with Crippen LogP contribution in [0.1, 0.15) is 23.0 Å². The fourth-order valence-electron chi connectivity index (χ4n) is 1.72. The molecule has 112 valence electrons. The van der Waals surface area contributed by atoms with E-state index in [1.165, 1.54) is 12.3 Å². The summed E-state index contributed by atoms with van der Waals surface area (Å²) in [5.41, 5.74) is 0.509. The van der Waals surface area contributed by atoms with Gasteiger partial charge in [0.25, 0.3) is 5.91 Å². The summed E-state index contributed by atoms with van der Waals surface area (Å²) in [6.07, 6.45) is 1.44. The van der Waals surface area contributed by atoms with E-state index in [0.29, 0.717) is 12.1 Å². The van der Waals surface area contributed by atoms with Gasteiger partial charge in [-0.15, -0.1) is 0 Å². The Balaban J connectivity index is 1.98. The number of nitrogens with one attached hydrogen (secondary N) is 1. The zero-order valence-corrected chi connectivity index (χ0v) is 12.2. The normalized spacial score (nSPS) is 9.50. The average Bonchev–Trinajstić information content (AvgIpc) is 2.53. The van der Waals surface area contributed by atoms with Crippen molar-refractivity contribution in [2.24, 2.45) is 0 Å². The molecule has 0 saturated carbocycles. The number of aromatic hydroxyl groups is 1. The maximum atomic E-state index is 11.6. The summed E-state index contributed by atoms with van der Waals surface area (Å²) in [5, 5.41) is 12.4. The first-order chi connectivity index (χ1) is 10.7. The van der Waals surface area contributed by atoms with Crippen LogP contribution in [-0.4, -0.2) is 29.1 Å².